The van der Waals surface area contributed by atoms with E-state index in [2.05, 4.69) is 29.2 Å². The number of benzene rings is 2. The first kappa shape index (κ1) is 17.7. The highest BCUT2D eigenvalue weighted by atomic mass is 16.2. The van der Waals surface area contributed by atoms with Gasteiger partial charge in [0.2, 0.25) is 11.8 Å². The van der Waals surface area contributed by atoms with Crippen molar-refractivity contribution in [3.8, 4) is 0 Å². The maximum atomic E-state index is 13.2. The van der Waals surface area contributed by atoms with Crippen molar-refractivity contribution in [2.75, 3.05) is 31.1 Å². The van der Waals surface area contributed by atoms with Crippen LogP contribution < -0.4 is 4.90 Å². The summed E-state index contributed by atoms with van der Waals surface area (Å²) in [5.41, 5.74) is 3.26. The zero-order valence-electron chi connectivity index (χ0n) is 15.7. The number of hydrogen-bond donors (Lipinski definition) is 0. The van der Waals surface area contributed by atoms with Gasteiger partial charge in [0.15, 0.2) is 0 Å². The molecule has 0 radical (unpaired) electrons. The number of anilines is 1. The van der Waals surface area contributed by atoms with Crippen LogP contribution in [-0.4, -0.2) is 53.8 Å². The number of amides is 2. The molecule has 2 aromatic rings. The molecule has 2 aliphatic heterocycles. The van der Waals surface area contributed by atoms with Gasteiger partial charge in [-0.1, -0.05) is 48.5 Å². The first-order chi connectivity index (χ1) is 13.1. The SMILES string of the molecule is CC(=O)N1c2ccccc2C[C@H]1C(=O)N1CCN(Cc2ccccc2)CC1. The minimum absolute atomic E-state index is 0.0685. The van der Waals surface area contributed by atoms with Crippen molar-refractivity contribution >= 4 is 17.5 Å². The van der Waals surface area contributed by atoms with Gasteiger partial charge in [-0.15, -0.1) is 0 Å². The fourth-order valence-corrected chi connectivity index (χ4v) is 4.15. The molecule has 0 N–H and O–H groups in total. The maximum absolute atomic E-state index is 13.2. The highest BCUT2D eigenvalue weighted by Gasteiger charge is 2.39. The van der Waals surface area contributed by atoms with Gasteiger partial charge in [0.25, 0.3) is 0 Å². The van der Waals surface area contributed by atoms with Crippen molar-refractivity contribution in [2.24, 2.45) is 0 Å². The highest BCUT2D eigenvalue weighted by Crippen LogP contribution is 2.33. The molecule has 2 aromatic carbocycles. The summed E-state index contributed by atoms with van der Waals surface area (Å²) in [6.07, 6.45) is 0.610. The summed E-state index contributed by atoms with van der Waals surface area (Å²) >= 11 is 0. The van der Waals surface area contributed by atoms with Crippen LogP contribution in [0.25, 0.3) is 0 Å². The van der Waals surface area contributed by atoms with E-state index in [0.29, 0.717) is 19.5 Å². The van der Waals surface area contributed by atoms with Crippen LogP contribution >= 0.6 is 0 Å². The molecular weight excluding hydrogens is 338 g/mol. The van der Waals surface area contributed by atoms with Crippen molar-refractivity contribution in [2.45, 2.75) is 25.9 Å². The third-order valence-corrected chi connectivity index (χ3v) is 5.53. The molecule has 2 aliphatic rings. The van der Waals surface area contributed by atoms with Crippen LogP contribution in [0.2, 0.25) is 0 Å². The van der Waals surface area contributed by atoms with Gasteiger partial charge in [-0.2, -0.15) is 0 Å². The zero-order valence-corrected chi connectivity index (χ0v) is 15.7. The van der Waals surface area contributed by atoms with Gasteiger partial charge in [0.1, 0.15) is 6.04 Å². The van der Waals surface area contributed by atoms with Crippen LogP contribution in [0.5, 0.6) is 0 Å². The van der Waals surface area contributed by atoms with Crippen molar-refractivity contribution in [3.05, 3.63) is 65.7 Å². The molecule has 4 rings (SSSR count). The molecule has 2 heterocycles. The summed E-state index contributed by atoms with van der Waals surface area (Å²) in [6.45, 7) is 5.60. The number of carbonyl (C=O) groups is 2. The average Bonchev–Trinajstić information content (AvgIpc) is 3.09. The summed E-state index contributed by atoms with van der Waals surface area (Å²) in [5.74, 6) is 0.00164. The van der Waals surface area contributed by atoms with E-state index in [9.17, 15) is 9.59 Å². The lowest BCUT2D eigenvalue weighted by Gasteiger charge is -2.37. The van der Waals surface area contributed by atoms with Crippen molar-refractivity contribution in [1.29, 1.82) is 0 Å². The maximum Gasteiger partial charge on any atom is 0.246 e. The fourth-order valence-electron chi connectivity index (χ4n) is 4.15. The second kappa shape index (κ2) is 7.53. The number of rotatable bonds is 3. The summed E-state index contributed by atoms with van der Waals surface area (Å²) in [5, 5.41) is 0. The van der Waals surface area contributed by atoms with Crippen LogP contribution in [0.15, 0.2) is 54.6 Å². The molecule has 27 heavy (non-hydrogen) atoms. The average molecular weight is 363 g/mol. The monoisotopic (exact) mass is 363 g/mol. The largest absolute Gasteiger partial charge is 0.338 e. The zero-order chi connectivity index (χ0) is 18.8. The van der Waals surface area contributed by atoms with E-state index in [1.54, 1.807) is 11.8 Å². The summed E-state index contributed by atoms with van der Waals surface area (Å²) in [6, 6.07) is 17.8. The van der Waals surface area contributed by atoms with Crippen molar-refractivity contribution in [1.82, 2.24) is 9.80 Å². The van der Waals surface area contributed by atoms with Gasteiger partial charge in [0, 0.05) is 51.8 Å². The molecule has 5 nitrogen and oxygen atoms in total. The Kier molecular flexibility index (Phi) is 4.94. The molecule has 0 spiro atoms. The van der Waals surface area contributed by atoms with Crippen LogP contribution in [0.4, 0.5) is 5.69 Å². The number of fused-ring (bicyclic) bond motifs is 1. The lowest BCUT2D eigenvalue weighted by atomic mass is 10.1. The van der Waals surface area contributed by atoms with E-state index in [4.69, 9.17) is 0 Å². The predicted molar refractivity (Wildman–Crippen MR) is 105 cm³/mol. The van der Waals surface area contributed by atoms with Gasteiger partial charge in [-0.25, -0.2) is 0 Å². The summed E-state index contributed by atoms with van der Waals surface area (Å²) < 4.78 is 0. The molecule has 1 saturated heterocycles. The van der Waals surface area contributed by atoms with Crippen LogP contribution in [0, 0.1) is 0 Å². The molecule has 2 amide bonds. The fraction of sp³-hybridized carbons (Fsp3) is 0.364. The standard InChI is InChI=1S/C22H25N3O2/c1-17(26)25-20-10-6-5-9-19(20)15-21(25)22(27)24-13-11-23(12-14-24)16-18-7-3-2-4-8-18/h2-10,21H,11-16H2,1H3/t21-/m0/s1. The molecule has 0 aliphatic carbocycles. The lowest BCUT2D eigenvalue weighted by Crippen LogP contribution is -2.55. The lowest BCUT2D eigenvalue weighted by molar-refractivity contribution is -0.135. The van der Waals surface area contributed by atoms with E-state index in [0.717, 1.165) is 30.9 Å². The Labute approximate surface area is 160 Å². The Bertz CT molecular complexity index is 828. The first-order valence-corrected chi connectivity index (χ1v) is 9.56. The number of carbonyl (C=O) groups excluding carboxylic acids is 2. The van der Waals surface area contributed by atoms with Crippen LogP contribution in [-0.2, 0) is 22.6 Å². The molecule has 1 atom stereocenters. The number of para-hydroxylation sites is 1. The van der Waals surface area contributed by atoms with Gasteiger partial charge in [-0.05, 0) is 17.2 Å². The smallest absolute Gasteiger partial charge is 0.246 e. The number of piperazine rings is 1. The first-order valence-electron chi connectivity index (χ1n) is 9.56. The quantitative estimate of drug-likeness (QED) is 0.841. The third kappa shape index (κ3) is 3.60. The Morgan fingerprint density at radius 1 is 0.926 bits per heavy atom. The molecule has 5 heteroatoms. The minimum Gasteiger partial charge on any atom is -0.338 e. The normalized spacial score (nSPS) is 19.8. The summed E-state index contributed by atoms with van der Waals surface area (Å²) in [4.78, 5) is 31.4. The number of nitrogens with zero attached hydrogens (tertiary/aromatic N) is 3. The molecule has 140 valence electrons. The molecular formula is C22H25N3O2. The molecule has 0 unspecified atom stereocenters. The van der Waals surface area contributed by atoms with E-state index in [-0.39, 0.29) is 11.8 Å². The van der Waals surface area contributed by atoms with E-state index in [1.165, 1.54) is 5.56 Å². The van der Waals surface area contributed by atoms with Crippen molar-refractivity contribution in [3.63, 3.8) is 0 Å². The minimum atomic E-state index is -0.402. The van der Waals surface area contributed by atoms with Gasteiger partial charge in [0.05, 0.1) is 0 Å². The highest BCUT2D eigenvalue weighted by molar-refractivity contribution is 6.02. The Balaban J connectivity index is 1.40. The second-order valence-corrected chi connectivity index (χ2v) is 7.32. The Morgan fingerprint density at radius 3 is 2.30 bits per heavy atom. The van der Waals surface area contributed by atoms with Gasteiger partial charge < -0.3 is 4.90 Å². The molecule has 0 saturated carbocycles. The molecule has 1 fully saturated rings. The van der Waals surface area contributed by atoms with Crippen LogP contribution in [0.1, 0.15) is 18.1 Å². The Hall–Kier alpha value is -2.66. The van der Waals surface area contributed by atoms with Gasteiger partial charge >= 0.3 is 0 Å². The van der Waals surface area contributed by atoms with Crippen molar-refractivity contribution < 1.29 is 9.59 Å². The predicted octanol–water partition coefficient (Wildman–Crippen LogP) is 2.31. The second-order valence-electron chi connectivity index (χ2n) is 7.32. The Morgan fingerprint density at radius 2 is 1.59 bits per heavy atom. The van der Waals surface area contributed by atoms with E-state index >= 15 is 0 Å². The molecule has 0 bridgehead atoms. The molecule has 0 aromatic heterocycles. The van der Waals surface area contributed by atoms with E-state index < -0.39 is 6.04 Å². The van der Waals surface area contributed by atoms with Gasteiger partial charge in [-0.3, -0.25) is 19.4 Å². The topological polar surface area (TPSA) is 43.9 Å². The third-order valence-electron chi connectivity index (χ3n) is 5.53. The summed E-state index contributed by atoms with van der Waals surface area (Å²) in [7, 11) is 0. The van der Waals surface area contributed by atoms with Crippen LogP contribution in [0.3, 0.4) is 0 Å². The van der Waals surface area contributed by atoms with E-state index in [1.807, 2.05) is 35.2 Å². The number of hydrogen-bond acceptors (Lipinski definition) is 3.